The first-order valence-electron chi connectivity index (χ1n) is 6.67. The van der Waals surface area contributed by atoms with Crippen LogP contribution in [0.15, 0.2) is 22.8 Å². The Hall–Kier alpha value is -2.19. The molecule has 1 fully saturated rings. The van der Waals surface area contributed by atoms with Gasteiger partial charge in [-0.3, -0.25) is 4.79 Å². The largest absolute Gasteiger partial charge is 0.479 e. The molecule has 3 rings (SSSR count). The van der Waals surface area contributed by atoms with E-state index in [1.165, 1.54) is 17.6 Å². The number of nitrogens with zero attached hydrogens (tertiary/aromatic N) is 1. The summed E-state index contributed by atoms with van der Waals surface area (Å²) < 4.78 is 10.4. The Bertz CT molecular complexity index is 701. The number of aromatic nitrogens is 1. The van der Waals surface area contributed by atoms with E-state index in [2.05, 4.69) is 10.3 Å². The number of carboxylic acid groups (broad SMARTS) is 1. The topological polar surface area (TPSA) is 102 Å². The number of rotatable bonds is 4. The third-order valence-corrected chi connectivity index (χ3v) is 4.51. The molecule has 2 aromatic rings. The Morgan fingerprint density at radius 2 is 2.32 bits per heavy atom. The molecule has 0 aromatic carbocycles. The highest BCUT2D eigenvalue weighted by molar-refractivity contribution is 7.15. The molecule has 3 heterocycles. The van der Waals surface area contributed by atoms with Gasteiger partial charge in [0.1, 0.15) is 5.69 Å². The molecule has 0 radical (unpaired) electrons. The van der Waals surface area contributed by atoms with Gasteiger partial charge in [0, 0.05) is 17.9 Å². The Kier molecular flexibility index (Phi) is 3.71. The number of aliphatic carboxylic acids is 1. The fraction of sp³-hybridized carbons (Fsp3) is 0.357. The average Bonchev–Trinajstić information content (AvgIpc) is 3.17. The fourth-order valence-corrected chi connectivity index (χ4v) is 3.15. The van der Waals surface area contributed by atoms with Crippen molar-refractivity contribution in [2.45, 2.75) is 18.9 Å². The van der Waals surface area contributed by atoms with Crippen LogP contribution in [-0.4, -0.2) is 40.7 Å². The summed E-state index contributed by atoms with van der Waals surface area (Å²) in [5.74, 6) is -1.04. The molecule has 22 heavy (non-hydrogen) atoms. The summed E-state index contributed by atoms with van der Waals surface area (Å²) in [5, 5.41) is 12.5. The molecule has 1 saturated heterocycles. The van der Waals surface area contributed by atoms with E-state index >= 15 is 0 Å². The molecule has 2 aromatic heterocycles. The summed E-state index contributed by atoms with van der Waals surface area (Å²) >= 11 is 1.32. The first kappa shape index (κ1) is 14.7. The summed E-state index contributed by atoms with van der Waals surface area (Å²) in [6, 6.07) is 3.49. The van der Waals surface area contributed by atoms with Gasteiger partial charge in [-0.25, -0.2) is 9.78 Å². The van der Waals surface area contributed by atoms with Crippen molar-refractivity contribution >= 4 is 23.2 Å². The summed E-state index contributed by atoms with van der Waals surface area (Å²) in [5.41, 5.74) is -1.17. The maximum absolute atomic E-state index is 12.4. The van der Waals surface area contributed by atoms with Gasteiger partial charge in [-0.15, -0.1) is 11.3 Å². The van der Waals surface area contributed by atoms with Gasteiger partial charge in [0.15, 0.2) is 16.3 Å². The molecule has 0 spiro atoms. The van der Waals surface area contributed by atoms with Crippen LogP contribution in [0.25, 0.3) is 10.8 Å². The van der Waals surface area contributed by atoms with Crippen LogP contribution >= 0.6 is 11.3 Å². The van der Waals surface area contributed by atoms with Crippen LogP contribution in [0.5, 0.6) is 0 Å². The van der Waals surface area contributed by atoms with E-state index in [4.69, 9.17) is 9.15 Å². The van der Waals surface area contributed by atoms with E-state index < -0.39 is 17.4 Å². The monoisotopic (exact) mass is 322 g/mol. The van der Waals surface area contributed by atoms with E-state index in [1.54, 1.807) is 19.1 Å². The lowest BCUT2D eigenvalue weighted by Crippen LogP contribution is -2.55. The second kappa shape index (κ2) is 5.54. The quantitative estimate of drug-likeness (QED) is 0.888. The van der Waals surface area contributed by atoms with E-state index in [9.17, 15) is 14.7 Å². The van der Waals surface area contributed by atoms with Crippen molar-refractivity contribution in [2.24, 2.45) is 0 Å². The molecular weight excluding hydrogens is 308 g/mol. The average molecular weight is 322 g/mol. The van der Waals surface area contributed by atoms with Crippen LogP contribution in [0.2, 0.25) is 0 Å². The number of thiazole rings is 1. The highest BCUT2D eigenvalue weighted by Crippen LogP contribution is 2.28. The highest BCUT2D eigenvalue weighted by atomic mass is 32.1. The van der Waals surface area contributed by atoms with E-state index in [0.29, 0.717) is 22.3 Å². The van der Waals surface area contributed by atoms with Crippen molar-refractivity contribution in [1.29, 1.82) is 0 Å². The second-order valence-electron chi connectivity index (χ2n) is 5.05. The minimum absolute atomic E-state index is 0.0394. The third-order valence-electron chi connectivity index (χ3n) is 3.53. The zero-order valence-electron chi connectivity index (χ0n) is 11.8. The number of ether oxygens (including phenoxy) is 1. The molecular formula is C14H14N2O5S. The molecule has 1 aliphatic rings. The number of carbonyl (C=O) groups excluding carboxylic acids is 1. The molecule has 116 valence electrons. The SMILES string of the molecule is Cc1sc(-c2ccco2)nc1C(=O)NC1(C(=O)O)CCOC1. The van der Waals surface area contributed by atoms with Gasteiger partial charge in [0.2, 0.25) is 0 Å². The maximum atomic E-state index is 12.4. The molecule has 0 saturated carbocycles. The number of carboxylic acids is 1. The van der Waals surface area contributed by atoms with Crippen LogP contribution in [-0.2, 0) is 9.53 Å². The molecule has 7 nitrogen and oxygen atoms in total. The predicted molar refractivity (Wildman–Crippen MR) is 77.8 cm³/mol. The summed E-state index contributed by atoms with van der Waals surface area (Å²) in [7, 11) is 0. The normalized spacial score (nSPS) is 21.0. The smallest absolute Gasteiger partial charge is 0.331 e. The van der Waals surface area contributed by atoms with Gasteiger partial charge in [-0.2, -0.15) is 0 Å². The molecule has 1 atom stereocenters. The van der Waals surface area contributed by atoms with Crippen LogP contribution < -0.4 is 5.32 Å². The summed E-state index contributed by atoms with van der Waals surface area (Å²) in [6.45, 7) is 2.03. The van der Waals surface area contributed by atoms with Gasteiger partial charge in [-0.05, 0) is 19.1 Å². The molecule has 1 unspecified atom stereocenters. The lowest BCUT2D eigenvalue weighted by Gasteiger charge is -2.23. The zero-order chi connectivity index (χ0) is 15.7. The molecule has 1 amide bonds. The van der Waals surface area contributed by atoms with Crippen molar-refractivity contribution in [1.82, 2.24) is 10.3 Å². The Morgan fingerprint density at radius 1 is 1.50 bits per heavy atom. The van der Waals surface area contributed by atoms with Crippen LogP contribution in [0.3, 0.4) is 0 Å². The van der Waals surface area contributed by atoms with Crippen molar-refractivity contribution in [3.63, 3.8) is 0 Å². The molecule has 0 aliphatic carbocycles. The Morgan fingerprint density at radius 3 is 2.91 bits per heavy atom. The lowest BCUT2D eigenvalue weighted by atomic mass is 9.99. The number of hydrogen-bond donors (Lipinski definition) is 2. The first-order chi connectivity index (χ1) is 10.5. The number of carbonyl (C=O) groups is 2. The minimum atomic E-state index is -1.38. The number of hydrogen-bond acceptors (Lipinski definition) is 6. The van der Waals surface area contributed by atoms with E-state index in [1.807, 2.05) is 0 Å². The number of nitrogens with one attached hydrogen (secondary N) is 1. The predicted octanol–water partition coefficient (Wildman–Crippen LogP) is 1.69. The number of aryl methyl sites for hydroxylation is 1. The van der Waals surface area contributed by atoms with Gasteiger partial charge in [0.25, 0.3) is 5.91 Å². The van der Waals surface area contributed by atoms with Gasteiger partial charge >= 0.3 is 5.97 Å². The molecule has 1 aliphatic heterocycles. The van der Waals surface area contributed by atoms with Crippen molar-refractivity contribution in [2.75, 3.05) is 13.2 Å². The van der Waals surface area contributed by atoms with Crippen molar-refractivity contribution in [3.8, 4) is 10.8 Å². The Labute approximate surface area is 129 Å². The van der Waals surface area contributed by atoms with Gasteiger partial charge < -0.3 is 19.6 Å². The highest BCUT2D eigenvalue weighted by Gasteiger charge is 2.44. The van der Waals surface area contributed by atoms with Gasteiger partial charge in [0.05, 0.1) is 12.9 Å². The number of amides is 1. The standard InChI is InChI=1S/C14H14N2O5S/c1-8-10(15-12(22-8)9-3-2-5-21-9)11(17)16-14(13(18)19)4-6-20-7-14/h2-3,5H,4,6-7H2,1H3,(H,16,17)(H,18,19). The number of furan rings is 1. The maximum Gasteiger partial charge on any atom is 0.331 e. The zero-order valence-corrected chi connectivity index (χ0v) is 12.6. The lowest BCUT2D eigenvalue weighted by molar-refractivity contribution is -0.144. The van der Waals surface area contributed by atoms with Crippen LogP contribution in [0, 0.1) is 6.92 Å². The Balaban J connectivity index is 1.85. The van der Waals surface area contributed by atoms with Crippen molar-refractivity contribution in [3.05, 3.63) is 29.0 Å². The summed E-state index contributed by atoms with van der Waals surface area (Å²) in [4.78, 5) is 28.8. The van der Waals surface area contributed by atoms with Crippen LogP contribution in [0.4, 0.5) is 0 Å². The fourth-order valence-electron chi connectivity index (χ4n) is 2.27. The molecule has 0 bridgehead atoms. The third kappa shape index (κ3) is 2.51. The van der Waals surface area contributed by atoms with Crippen molar-refractivity contribution < 1.29 is 23.8 Å². The van der Waals surface area contributed by atoms with E-state index in [-0.39, 0.29) is 18.7 Å². The first-order valence-corrected chi connectivity index (χ1v) is 7.48. The van der Waals surface area contributed by atoms with E-state index in [0.717, 1.165) is 0 Å². The second-order valence-corrected chi connectivity index (χ2v) is 6.25. The van der Waals surface area contributed by atoms with Crippen LogP contribution in [0.1, 0.15) is 21.8 Å². The van der Waals surface area contributed by atoms with Gasteiger partial charge in [-0.1, -0.05) is 0 Å². The molecule has 2 N–H and O–H groups in total. The minimum Gasteiger partial charge on any atom is -0.479 e. The summed E-state index contributed by atoms with van der Waals surface area (Å²) in [6.07, 6.45) is 1.77. The molecule has 8 heteroatoms.